The van der Waals surface area contributed by atoms with Crippen LogP contribution in [0.1, 0.15) is 13.8 Å². The number of benzene rings is 1. The molecule has 9 nitrogen and oxygen atoms in total. The highest BCUT2D eigenvalue weighted by atomic mass is 16.5. The van der Waals surface area contributed by atoms with Crippen LogP contribution in [0.3, 0.4) is 0 Å². The van der Waals surface area contributed by atoms with E-state index in [2.05, 4.69) is 16.0 Å². The second-order valence-electron chi connectivity index (χ2n) is 5.49. The van der Waals surface area contributed by atoms with Crippen molar-refractivity contribution >= 4 is 29.6 Å². The van der Waals surface area contributed by atoms with E-state index in [-0.39, 0.29) is 6.54 Å². The number of urea groups is 2. The van der Waals surface area contributed by atoms with Crippen LogP contribution in [0, 0.1) is 0 Å². The third-order valence-electron chi connectivity index (χ3n) is 3.50. The minimum atomic E-state index is -1.13. The highest BCUT2D eigenvalue weighted by Crippen LogP contribution is 2.06. The molecular weight excluding hydrogens is 328 g/mol. The molecule has 1 saturated heterocycles. The van der Waals surface area contributed by atoms with E-state index in [0.717, 1.165) is 4.90 Å². The molecule has 134 valence electrons. The lowest BCUT2D eigenvalue weighted by Crippen LogP contribution is -2.46. The van der Waals surface area contributed by atoms with Crippen molar-refractivity contribution < 1.29 is 23.9 Å². The van der Waals surface area contributed by atoms with E-state index < -0.39 is 36.1 Å². The number of anilines is 1. The lowest BCUT2D eigenvalue weighted by atomic mass is 10.3. The van der Waals surface area contributed by atoms with Crippen LogP contribution in [-0.2, 0) is 14.3 Å². The molecule has 0 unspecified atom stereocenters. The molecule has 0 aliphatic carbocycles. The number of amides is 5. The van der Waals surface area contributed by atoms with Crippen molar-refractivity contribution in [3.05, 3.63) is 30.3 Å². The molecule has 2 atom stereocenters. The maximum atomic E-state index is 12.1. The second kappa shape index (κ2) is 8.13. The monoisotopic (exact) mass is 348 g/mol. The Morgan fingerprint density at radius 2 is 1.88 bits per heavy atom. The first kappa shape index (κ1) is 18.2. The van der Waals surface area contributed by atoms with Gasteiger partial charge in [-0.05, 0) is 26.0 Å². The SMILES string of the molecule is C[C@H](NC(=O)Nc1ccccc1)C(=O)O[C@@H](C)C(=O)N1CCNC1=O. The summed E-state index contributed by atoms with van der Waals surface area (Å²) in [4.78, 5) is 48.3. The Morgan fingerprint density at radius 3 is 2.48 bits per heavy atom. The van der Waals surface area contributed by atoms with Gasteiger partial charge in [0, 0.05) is 18.8 Å². The van der Waals surface area contributed by atoms with Crippen LogP contribution in [0.25, 0.3) is 0 Å². The van der Waals surface area contributed by atoms with Crippen molar-refractivity contribution in [3.8, 4) is 0 Å². The number of ether oxygens (including phenoxy) is 1. The molecule has 25 heavy (non-hydrogen) atoms. The smallest absolute Gasteiger partial charge is 0.329 e. The Morgan fingerprint density at radius 1 is 1.20 bits per heavy atom. The average Bonchev–Trinajstić information content (AvgIpc) is 3.00. The van der Waals surface area contributed by atoms with Gasteiger partial charge in [-0.1, -0.05) is 18.2 Å². The lowest BCUT2D eigenvalue weighted by Gasteiger charge is -2.20. The molecule has 9 heteroatoms. The maximum Gasteiger partial charge on any atom is 0.329 e. The van der Waals surface area contributed by atoms with Crippen LogP contribution in [-0.4, -0.2) is 54.1 Å². The lowest BCUT2D eigenvalue weighted by molar-refractivity contribution is -0.158. The summed E-state index contributed by atoms with van der Waals surface area (Å²) in [6.07, 6.45) is -1.13. The zero-order chi connectivity index (χ0) is 18.4. The highest BCUT2D eigenvalue weighted by Gasteiger charge is 2.32. The van der Waals surface area contributed by atoms with Crippen molar-refractivity contribution in [1.82, 2.24) is 15.5 Å². The van der Waals surface area contributed by atoms with E-state index in [4.69, 9.17) is 4.74 Å². The minimum absolute atomic E-state index is 0.229. The molecule has 1 aromatic rings. The summed E-state index contributed by atoms with van der Waals surface area (Å²) in [6.45, 7) is 3.41. The molecule has 1 aliphatic rings. The van der Waals surface area contributed by atoms with Gasteiger partial charge >= 0.3 is 18.0 Å². The first-order valence-electron chi connectivity index (χ1n) is 7.80. The number of hydrogen-bond acceptors (Lipinski definition) is 5. The quantitative estimate of drug-likeness (QED) is 0.677. The predicted octanol–water partition coefficient (Wildman–Crippen LogP) is 0.680. The van der Waals surface area contributed by atoms with Gasteiger partial charge in [0.15, 0.2) is 6.10 Å². The van der Waals surface area contributed by atoms with Crippen molar-refractivity contribution in [3.63, 3.8) is 0 Å². The van der Waals surface area contributed by atoms with Gasteiger partial charge in [0.25, 0.3) is 5.91 Å². The number of imide groups is 1. The molecule has 0 aromatic heterocycles. The maximum absolute atomic E-state index is 12.1. The molecule has 0 spiro atoms. The number of hydrogen-bond donors (Lipinski definition) is 3. The fourth-order valence-corrected chi connectivity index (χ4v) is 2.17. The number of para-hydroxylation sites is 1. The van der Waals surface area contributed by atoms with Crippen LogP contribution in [0.5, 0.6) is 0 Å². The van der Waals surface area contributed by atoms with Crippen LogP contribution in [0.4, 0.5) is 15.3 Å². The van der Waals surface area contributed by atoms with Crippen molar-refractivity contribution in [2.45, 2.75) is 26.0 Å². The van der Waals surface area contributed by atoms with E-state index in [1.165, 1.54) is 13.8 Å². The van der Waals surface area contributed by atoms with Crippen LogP contribution in [0.2, 0.25) is 0 Å². The third-order valence-corrected chi connectivity index (χ3v) is 3.50. The summed E-state index contributed by atoms with van der Waals surface area (Å²) >= 11 is 0. The first-order chi connectivity index (χ1) is 11.9. The van der Waals surface area contributed by atoms with E-state index >= 15 is 0 Å². The Balaban J connectivity index is 1.82. The largest absolute Gasteiger partial charge is 0.451 e. The molecule has 1 heterocycles. The zero-order valence-electron chi connectivity index (χ0n) is 13.9. The molecule has 0 bridgehead atoms. The molecule has 3 N–H and O–H groups in total. The Kier molecular flexibility index (Phi) is 5.93. The van der Waals surface area contributed by atoms with Crippen LogP contribution >= 0.6 is 0 Å². The van der Waals surface area contributed by atoms with Gasteiger partial charge in [-0.2, -0.15) is 0 Å². The van der Waals surface area contributed by atoms with Gasteiger partial charge in [-0.25, -0.2) is 14.4 Å². The third kappa shape index (κ3) is 4.93. The summed E-state index contributed by atoms with van der Waals surface area (Å²) < 4.78 is 5.03. The predicted molar refractivity (Wildman–Crippen MR) is 88.7 cm³/mol. The number of nitrogens with one attached hydrogen (secondary N) is 3. The summed E-state index contributed by atoms with van der Waals surface area (Å²) in [7, 11) is 0. The van der Waals surface area contributed by atoms with Gasteiger partial charge in [0.1, 0.15) is 6.04 Å². The van der Waals surface area contributed by atoms with Crippen LogP contribution < -0.4 is 16.0 Å². The number of rotatable bonds is 5. The van der Waals surface area contributed by atoms with E-state index in [0.29, 0.717) is 12.2 Å². The van der Waals surface area contributed by atoms with Gasteiger partial charge in [-0.15, -0.1) is 0 Å². The van der Waals surface area contributed by atoms with Gasteiger partial charge in [-0.3, -0.25) is 9.69 Å². The summed E-state index contributed by atoms with van der Waals surface area (Å²) in [5.41, 5.74) is 0.573. The molecule has 5 amide bonds. The van der Waals surface area contributed by atoms with Crippen LogP contribution in [0.15, 0.2) is 30.3 Å². The standard InChI is InChI=1S/C16H20N4O5/c1-10(18-15(23)19-12-6-4-3-5-7-12)14(22)25-11(2)13(21)20-9-8-17-16(20)24/h3-7,10-11H,8-9H2,1-2H3,(H,17,24)(H2,18,19,23)/t10-,11-/m0/s1. The summed E-state index contributed by atoms with van der Waals surface area (Å²) in [5, 5.41) is 7.48. The average molecular weight is 348 g/mol. The van der Waals surface area contributed by atoms with E-state index in [1.54, 1.807) is 24.3 Å². The number of esters is 1. The van der Waals surface area contributed by atoms with Crippen molar-refractivity contribution in [2.75, 3.05) is 18.4 Å². The Hall–Kier alpha value is -3.10. The molecule has 1 aliphatic heterocycles. The van der Waals surface area contributed by atoms with Gasteiger partial charge < -0.3 is 20.7 Å². The normalized spacial score (nSPS) is 15.8. The summed E-state index contributed by atoms with van der Waals surface area (Å²) in [5.74, 6) is -1.38. The minimum Gasteiger partial charge on any atom is -0.451 e. The van der Waals surface area contributed by atoms with E-state index in [1.807, 2.05) is 6.07 Å². The fourth-order valence-electron chi connectivity index (χ4n) is 2.17. The molecule has 1 aromatic carbocycles. The second-order valence-corrected chi connectivity index (χ2v) is 5.49. The fraction of sp³-hybridized carbons (Fsp3) is 0.375. The molecule has 0 saturated carbocycles. The Labute approximate surface area is 144 Å². The van der Waals surface area contributed by atoms with Crippen molar-refractivity contribution in [1.29, 1.82) is 0 Å². The van der Waals surface area contributed by atoms with Gasteiger partial charge in [0.05, 0.1) is 0 Å². The molecule has 1 fully saturated rings. The molecule has 2 rings (SSSR count). The number of carbonyl (C=O) groups is 4. The first-order valence-corrected chi connectivity index (χ1v) is 7.80. The summed E-state index contributed by atoms with van der Waals surface area (Å²) in [6, 6.07) is 6.67. The zero-order valence-corrected chi connectivity index (χ0v) is 13.9. The van der Waals surface area contributed by atoms with Crippen molar-refractivity contribution in [2.24, 2.45) is 0 Å². The highest BCUT2D eigenvalue weighted by molar-refractivity contribution is 5.99. The van der Waals surface area contributed by atoms with Gasteiger partial charge in [0.2, 0.25) is 0 Å². The molecular formula is C16H20N4O5. The number of carbonyl (C=O) groups excluding carboxylic acids is 4. The Bertz CT molecular complexity index is 664. The molecule has 0 radical (unpaired) electrons. The van der Waals surface area contributed by atoms with E-state index in [9.17, 15) is 19.2 Å². The number of nitrogens with zero attached hydrogens (tertiary/aromatic N) is 1. The topological polar surface area (TPSA) is 117 Å².